The van der Waals surface area contributed by atoms with Crippen LogP contribution in [0.1, 0.15) is 12.5 Å². The Morgan fingerprint density at radius 2 is 1.67 bits per heavy atom. The van der Waals surface area contributed by atoms with Crippen LogP contribution in [-0.2, 0) is 0 Å². The summed E-state index contributed by atoms with van der Waals surface area (Å²) in [5.41, 5.74) is 2.05. The highest BCUT2D eigenvalue weighted by Gasteiger charge is 2.12. The number of nitrogens with zero attached hydrogens (tertiary/aromatic N) is 3. The minimum Gasteiger partial charge on any atom is -0.508 e. The number of hydrogen-bond donors (Lipinski definition) is 1. The molecule has 0 spiro atoms. The van der Waals surface area contributed by atoms with Gasteiger partial charge in [0.1, 0.15) is 5.75 Å². The molecule has 0 amide bonds. The predicted molar refractivity (Wildman–Crippen MR) is 76.6 cm³/mol. The molecule has 100 valence electrons. The van der Waals surface area contributed by atoms with E-state index in [0.717, 1.165) is 37.5 Å². The second kappa shape index (κ2) is 6.61. The number of phenolic OH excluding ortho intramolecular Hbond substituents is 1. The number of rotatable bonds is 2. The van der Waals surface area contributed by atoms with Crippen LogP contribution in [0.3, 0.4) is 0 Å². The molecule has 1 aliphatic heterocycles. The number of phenols is 1. The van der Waals surface area contributed by atoms with Gasteiger partial charge in [-0.2, -0.15) is 5.10 Å². The fourth-order valence-electron chi connectivity index (χ4n) is 1.87. The molecule has 18 heavy (non-hydrogen) atoms. The zero-order chi connectivity index (χ0) is 12.3. The fraction of sp³-hybridized carbons (Fsp3) is 0.462. The lowest BCUT2D eigenvalue weighted by molar-refractivity contribution is 0.159. The lowest BCUT2D eigenvalue weighted by Crippen LogP contribution is -2.42. The Balaban J connectivity index is 0.00000162. The van der Waals surface area contributed by atoms with Gasteiger partial charge in [0.25, 0.3) is 0 Å². The predicted octanol–water partition coefficient (Wildman–Crippen LogP) is 1.79. The van der Waals surface area contributed by atoms with Gasteiger partial charge >= 0.3 is 0 Å². The van der Waals surface area contributed by atoms with Gasteiger partial charge in [-0.1, -0.05) is 0 Å². The van der Waals surface area contributed by atoms with Crippen LogP contribution in [0.4, 0.5) is 0 Å². The lowest BCUT2D eigenvalue weighted by atomic mass is 10.1. The molecule has 0 unspecified atom stereocenters. The maximum absolute atomic E-state index is 9.23. The van der Waals surface area contributed by atoms with Crippen LogP contribution in [0.25, 0.3) is 0 Å². The summed E-state index contributed by atoms with van der Waals surface area (Å²) >= 11 is 0. The summed E-state index contributed by atoms with van der Waals surface area (Å²) in [5.74, 6) is 0.293. The third-order valence-corrected chi connectivity index (χ3v) is 3.06. The first-order valence-corrected chi connectivity index (χ1v) is 5.93. The molecule has 1 aromatic carbocycles. The Bertz CT molecular complexity index is 397. The van der Waals surface area contributed by atoms with E-state index in [2.05, 4.69) is 22.1 Å². The Kier molecular flexibility index (Phi) is 5.44. The molecule has 0 radical (unpaired) electrons. The summed E-state index contributed by atoms with van der Waals surface area (Å²) in [4.78, 5) is 2.31. The third-order valence-electron chi connectivity index (χ3n) is 3.06. The lowest BCUT2D eigenvalue weighted by Gasteiger charge is -2.30. The van der Waals surface area contributed by atoms with Crippen LogP contribution in [0, 0.1) is 0 Å². The summed E-state index contributed by atoms with van der Waals surface area (Å²) in [6.07, 6.45) is 0. The quantitative estimate of drug-likeness (QED) is 0.832. The SMILES string of the molecule is C/C(=N\N1CCN(C)CC1)c1ccc(O)cc1.Cl. The van der Waals surface area contributed by atoms with E-state index in [1.165, 1.54) is 0 Å². The van der Waals surface area contributed by atoms with Crippen molar-refractivity contribution in [3.63, 3.8) is 0 Å². The number of halogens is 1. The first kappa shape index (κ1) is 14.8. The van der Waals surface area contributed by atoms with E-state index in [0.29, 0.717) is 5.75 Å². The summed E-state index contributed by atoms with van der Waals surface area (Å²) in [6.45, 7) is 6.08. The molecule has 2 rings (SSSR count). The molecular formula is C13H20ClN3O. The van der Waals surface area contributed by atoms with Gasteiger partial charge in [0.2, 0.25) is 0 Å². The van der Waals surface area contributed by atoms with Gasteiger partial charge < -0.3 is 10.0 Å². The summed E-state index contributed by atoms with van der Waals surface area (Å²) in [7, 11) is 2.13. The second-order valence-electron chi connectivity index (χ2n) is 4.49. The summed E-state index contributed by atoms with van der Waals surface area (Å²) < 4.78 is 0. The Labute approximate surface area is 114 Å². The molecule has 1 aliphatic rings. The van der Waals surface area contributed by atoms with Gasteiger partial charge in [0, 0.05) is 26.2 Å². The topological polar surface area (TPSA) is 39.1 Å². The minimum atomic E-state index is 0. The van der Waals surface area contributed by atoms with Crippen molar-refractivity contribution in [2.45, 2.75) is 6.92 Å². The van der Waals surface area contributed by atoms with Crippen molar-refractivity contribution >= 4 is 18.1 Å². The molecule has 5 heteroatoms. The van der Waals surface area contributed by atoms with E-state index in [-0.39, 0.29) is 12.4 Å². The molecule has 1 heterocycles. The number of hydrazone groups is 1. The van der Waals surface area contributed by atoms with Gasteiger partial charge in [0.05, 0.1) is 5.71 Å². The monoisotopic (exact) mass is 269 g/mol. The molecule has 1 N–H and O–H groups in total. The Morgan fingerprint density at radius 1 is 1.11 bits per heavy atom. The number of benzene rings is 1. The molecule has 0 bridgehead atoms. The highest BCUT2D eigenvalue weighted by molar-refractivity contribution is 5.98. The van der Waals surface area contributed by atoms with Gasteiger partial charge in [-0.15, -0.1) is 12.4 Å². The van der Waals surface area contributed by atoms with Crippen molar-refractivity contribution in [3.8, 4) is 5.75 Å². The Hall–Kier alpha value is -1.26. The molecule has 0 aromatic heterocycles. The number of piperazine rings is 1. The minimum absolute atomic E-state index is 0. The maximum atomic E-state index is 9.23. The molecule has 1 saturated heterocycles. The van der Waals surface area contributed by atoms with Crippen LogP contribution >= 0.6 is 12.4 Å². The van der Waals surface area contributed by atoms with Gasteiger partial charge in [-0.25, -0.2) is 0 Å². The third kappa shape index (κ3) is 3.89. The standard InChI is InChI=1S/C13H19N3O.ClH/c1-11(12-3-5-13(17)6-4-12)14-16-9-7-15(2)8-10-16;/h3-6,17H,7-10H2,1-2H3;1H/b14-11+;. The van der Waals surface area contributed by atoms with Crippen molar-refractivity contribution in [2.24, 2.45) is 5.10 Å². The van der Waals surface area contributed by atoms with Crippen LogP contribution in [0.2, 0.25) is 0 Å². The van der Waals surface area contributed by atoms with Gasteiger partial charge in [-0.05, 0) is 43.8 Å². The highest BCUT2D eigenvalue weighted by atomic mass is 35.5. The summed E-state index contributed by atoms with van der Waals surface area (Å²) in [5, 5.41) is 16.0. The molecule has 1 aromatic rings. The van der Waals surface area contributed by atoms with Crippen molar-refractivity contribution < 1.29 is 5.11 Å². The van der Waals surface area contributed by atoms with E-state index in [1.54, 1.807) is 12.1 Å². The van der Waals surface area contributed by atoms with Crippen LogP contribution in [0.5, 0.6) is 5.75 Å². The number of aromatic hydroxyl groups is 1. The van der Waals surface area contributed by atoms with E-state index in [4.69, 9.17) is 0 Å². The first-order valence-electron chi connectivity index (χ1n) is 5.93. The first-order chi connectivity index (χ1) is 8.15. The van der Waals surface area contributed by atoms with Crippen LogP contribution < -0.4 is 0 Å². The Morgan fingerprint density at radius 3 is 2.22 bits per heavy atom. The average Bonchev–Trinajstić information content (AvgIpc) is 2.33. The van der Waals surface area contributed by atoms with Crippen molar-refractivity contribution in [3.05, 3.63) is 29.8 Å². The maximum Gasteiger partial charge on any atom is 0.115 e. The molecule has 0 atom stereocenters. The highest BCUT2D eigenvalue weighted by Crippen LogP contribution is 2.11. The smallest absolute Gasteiger partial charge is 0.115 e. The zero-order valence-electron chi connectivity index (χ0n) is 10.8. The summed E-state index contributed by atoms with van der Waals surface area (Å²) in [6, 6.07) is 7.17. The molecule has 0 aliphatic carbocycles. The molecular weight excluding hydrogens is 250 g/mol. The molecule has 1 fully saturated rings. The van der Waals surface area contributed by atoms with Crippen molar-refractivity contribution in [1.82, 2.24) is 9.91 Å². The van der Waals surface area contributed by atoms with E-state index in [1.807, 2.05) is 19.1 Å². The average molecular weight is 270 g/mol. The number of hydrogen-bond acceptors (Lipinski definition) is 4. The molecule has 0 saturated carbocycles. The van der Waals surface area contributed by atoms with Crippen LogP contribution in [-0.4, -0.2) is 54.0 Å². The second-order valence-corrected chi connectivity index (χ2v) is 4.49. The van der Waals surface area contributed by atoms with Crippen molar-refractivity contribution in [1.29, 1.82) is 0 Å². The van der Waals surface area contributed by atoms with Crippen molar-refractivity contribution in [2.75, 3.05) is 33.2 Å². The van der Waals surface area contributed by atoms with E-state index >= 15 is 0 Å². The normalized spacial score (nSPS) is 17.4. The largest absolute Gasteiger partial charge is 0.508 e. The fourth-order valence-corrected chi connectivity index (χ4v) is 1.87. The van der Waals surface area contributed by atoms with Gasteiger partial charge in [0.15, 0.2) is 0 Å². The molecule has 4 nitrogen and oxygen atoms in total. The number of likely N-dealkylation sites (N-methyl/N-ethyl adjacent to an activating group) is 1. The van der Waals surface area contributed by atoms with Crippen LogP contribution in [0.15, 0.2) is 29.4 Å². The van der Waals surface area contributed by atoms with E-state index < -0.39 is 0 Å². The van der Waals surface area contributed by atoms with Gasteiger partial charge in [-0.3, -0.25) is 5.01 Å². The van der Waals surface area contributed by atoms with E-state index in [9.17, 15) is 5.11 Å². The zero-order valence-corrected chi connectivity index (χ0v) is 11.7.